The van der Waals surface area contributed by atoms with Crippen LogP contribution in [0.15, 0.2) is 30.3 Å². The fraction of sp³-hybridized carbons (Fsp3) is 0.588. The van der Waals surface area contributed by atoms with Crippen LogP contribution >= 0.6 is 7.52 Å². The van der Waals surface area contributed by atoms with Gasteiger partial charge >= 0.3 is 13.5 Å². The zero-order chi connectivity index (χ0) is 17.9. The number of para-hydroxylation sites is 1. The Hall–Kier alpha value is -1.32. The zero-order valence-corrected chi connectivity index (χ0v) is 15.9. The van der Waals surface area contributed by atoms with Crippen molar-refractivity contribution >= 4 is 13.5 Å². The third kappa shape index (κ3) is 5.36. The maximum absolute atomic E-state index is 13.5. The highest BCUT2D eigenvalue weighted by Gasteiger charge is 2.46. The molecule has 6 heteroatoms. The molecule has 23 heavy (non-hydrogen) atoms. The minimum absolute atomic E-state index is 0.243. The Morgan fingerprint density at radius 2 is 1.61 bits per heavy atom. The van der Waals surface area contributed by atoms with E-state index >= 15 is 0 Å². The number of hydrogen-bond acceptors (Lipinski definition) is 4. The first-order chi connectivity index (χ1) is 10.4. The van der Waals surface area contributed by atoms with Gasteiger partial charge in [0, 0.05) is 0 Å². The first-order valence-electron chi connectivity index (χ1n) is 7.73. The maximum Gasteiger partial charge on any atom is 0.326 e. The Bertz CT molecular complexity index is 576. The van der Waals surface area contributed by atoms with Gasteiger partial charge in [-0.3, -0.25) is 9.36 Å². The van der Waals surface area contributed by atoms with Crippen molar-refractivity contribution < 1.29 is 18.6 Å². The van der Waals surface area contributed by atoms with Crippen molar-refractivity contribution in [2.24, 2.45) is 0 Å². The lowest BCUT2D eigenvalue weighted by atomic mass is 10.1. The number of ether oxygens (including phenoxy) is 1. The van der Waals surface area contributed by atoms with Crippen LogP contribution in [0.1, 0.15) is 48.5 Å². The van der Waals surface area contributed by atoms with Crippen LogP contribution < -0.4 is 9.61 Å². The third-order valence-corrected chi connectivity index (χ3v) is 6.23. The molecular weight excluding hydrogens is 313 g/mol. The Morgan fingerprint density at radius 3 is 2.04 bits per heavy atom. The molecule has 0 aromatic heterocycles. The number of nitrogens with one attached hydrogen (secondary N) is 1. The first-order valence-corrected chi connectivity index (χ1v) is 9.35. The van der Waals surface area contributed by atoms with Gasteiger partial charge in [-0.2, -0.15) is 0 Å². The summed E-state index contributed by atoms with van der Waals surface area (Å²) in [5.74, 6) is 0.0277. The van der Waals surface area contributed by atoms with E-state index in [1.807, 2.05) is 26.8 Å². The summed E-state index contributed by atoms with van der Waals surface area (Å²) in [6, 6.07) is 8.94. The van der Waals surface area contributed by atoms with E-state index in [1.165, 1.54) is 0 Å². The topological polar surface area (TPSA) is 64.6 Å². The standard InChI is InChI=1S/C17H28NO4P/c1-13(2)21-15(19)17(6,7)18-23(20,16(3,4)5)22-14-11-9-8-10-12-14/h8-13H,1-7H3,(H,18,20). The minimum Gasteiger partial charge on any atom is -0.462 e. The van der Waals surface area contributed by atoms with Gasteiger partial charge in [-0.15, -0.1) is 0 Å². The van der Waals surface area contributed by atoms with Gasteiger partial charge in [0.1, 0.15) is 11.3 Å². The normalized spacial score (nSPS) is 15.1. The van der Waals surface area contributed by atoms with Crippen LogP contribution in [0.2, 0.25) is 0 Å². The monoisotopic (exact) mass is 341 g/mol. The average Bonchev–Trinajstić information content (AvgIpc) is 2.36. The molecule has 1 rings (SSSR count). The SMILES string of the molecule is CC(C)OC(=O)C(C)(C)NP(=O)(Oc1ccccc1)C(C)(C)C. The van der Waals surface area contributed by atoms with Gasteiger partial charge in [-0.25, -0.2) is 5.09 Å². The molecule has 1 atom stereocenters. The molecule has 0 aliphatic heterocycles. The van der Waals surface area contributed by atoms with Gasteiger partial charge in [0.2, 0.25) is 0 Å². The molecule has 0 saturated heterocycles. The summed E-state index contributed by atoms with van der Waals surface area (Å²) in [5, 5.41) is 2.23. The highest BCUT2D eigenvalue weighted by atomic mass is 31.2. The third-order valence-electron chi connectivity index (χ3n) is 3.14. The van der Waals surface area contributed by atoms with Gasteiger partial charge in [0.05, 0.1) is 11.3 Å². The number of carbonyl (C=O) groups is 1. The predicted molar refractivity (Wildman–Crippen MR) is 92.9 cm³/mol. The summed E-state index contributed by atoms with van der Waals surface area (Å²) in [6.07, 6.45) is -0.243. The van der Waals surface area contributed by atoms with Crippen LogP contribution in [-0.2, 0) is 14.1 Å². The van der Waals surface area contributed by atoms with Crippen molar-refractivity contribution in [3.8, 4) is 5.75 Å². The molecule has 0 spiro atoms. The molecule has 1 aromatic rings. The maximum atomic E-state index is 13.5. The summed E-state index contributed by atoms with van der Waals surface area (Å²) >= 11 is 0. The highest BCUT2D eigenvalue weighted by Crippen LogP contribution is 2.56. The molecule has 0 heterocycles. The van der Waals surface area contributed by atoms with Gasteiger partial charge in [-0.05, 0) is 60.6 Å². The molecule has 130 valence electrons. The van der Waals surface area contributed by atoms with E-state index in [2.05, 4.69) is 5.09 Å². The van der Waals surface area contributed by atoms with Crippen LogP contribution in [0.4, 0.5) is 0 Å². The molecule has 0 radical (unpaired) electrons. The van der Waals surface area contributed by atoms with Crippen LogP contribution in [-0.4, -0.2) is 22.8 Å². The lowest BCUT2D eigenvalue weighted by Gasteiger charge is -2.37. The average molecular weight is 341 g/mol. The van der Waals surface area contributed by atoms with Gasteiger partial charge < -0.3 is 9.26 Å². The smallest absolute Gasteiger partial charge is 0.326 e. The molecule has 0 bridgehead atoms. The molecule has 1 aromatic carbocycles. The van der Waals surface area contributed by atoms with Crippen LogP contribution in [0.25, 0.3) is 0 Å². The predicted octanol–water partition coefficient (Wildman–Crippen LogP) is 4.38. The van der Waals surface area contributed by atoms with Crippen molar-refractivity contribution in [3.05, 3.63) is 30.3 Å². The Balaban J connectivity index is 3.08. The van der Waals surface area contributed by atoms with Crippen molar-refractivity contribution in [3.63, 3.8) is 0 Å². The van der Waals surface area contributed by atoms with E-state index in [-0.39, 0.29) is 6.10 Å². The second kappa shape index (κ2) is 7.06. The van der Waals surface area contributed by atoms with E-state index in [0.717, 1.165) is 0 Å². The number of benzene rings is 1. The van der Waals surface area contributed by atoms with Gasteiger partial charge in [0.25, 0.3) is 0 Å². The summed E-state index contributed by atoms with van der Waals surface area (Å²) in [7, 11) is -3.39. The summed E-state index contributed by atoms with van der Waals surface area (Å²) in [6.45, 7) is 12.3. The highest BCUT2D eigenvalue weighted by molar-refractivity contribution is 7.59. The number of rotatable bonds is 6. The second-order valence-electron chi connectivity index (χ2n) is 7.32. The molecular formula is C17H28NO4P. The van der Waals surface area contributed by atoms with Gasteiger partial charge in [0.15, 0.2) is 0 Å². The molecule has 0 fully saturated rings. The van der Waals surface area contributed by atoms with Crippen molar-refractivity contribution in [1.82, 2.24) is 5.09 Å². The van der Waals surface area contributed by atoms with E-state index in [4.69, 9.17) is 9.26 Å². The van der Waals surface area contributed by atoms with Crippen LogP contribution in [0.5, 0.6) is 5.75 Å². The number of esters is 1. The summed E-state index contributed by atoms with van der Waals surface area (Å²) < 4.78 is 24.5. The van der Waals surface area contributed by atoms with E-state index in [9.17, 15) is 9.36 Å². The minimum atomic E-state index is -3.39. The second-order valence-corrected chi connectivity index (χ2v) is 10.2. The molecule has 0 aliphatic carbocycles. The Labute approximate surface area is 139 Å². The quantitative estimate of drug-likeness (QED) is 0.614. The summed E-state index contributed by atoms with van der Waals surface area (Å²) in [5.41, 5.74) is -1.14. The molecule has 0 aliphatic rings. The largest absolute Gasteiger partial charge is 0.462 e. The van der Waals surface area contributed by atoms with E-state index in [1.54, 1.807) is 52.0 Å². The molecule has 5 nitrogen and oxygen atoms in total. The molecule has 0 amide bonds. The molecule has 1 N–H and O–H groups in total. The first kappa shape index (κ1) is 19.7. The Kier molecular flexibility index (Phi) is 6.06. The van der Waals surface area contributed by atoms with E-state index < -0.39 is 24.2 Å². The fourth-order valence-electron chi connectivity index (χ4n) is 1.73. The molecule has 0 saturated carbocycles. The van der Waals surface area contributed by atoms with Crippen molar-refractivity contribution in [1.29, 1.82) is 0 Å². The lowest BCUT2D eigenvalue weighted by Crippen LogP contribution is -2.49. The summed E-state index contributed by atoms with van der Waals surface area (Å²) in [4.78, 5) is 12.3. The number of hydrogen-bond donors (Lipinski definition) is 1. The Morgan fingerprint density at radius 1 is 1.09 bits per heavy atom. The van der Waals surface area contributed by atoms with Crippen molar-refractivity contribution in [2.75, 3.05) is 0 Å². The lowest BCUT2D eigenvalue weighted by molar-refractivity contribution is -0.153. The van der Waals surface area contributed by atoms with Gasteiger partial charge in [-0.1, -0.05) is 18.2 Å². The number of carbonyl (C=O) groups excluding carboxylic acids is 1. The van der Waals surface area contributed by atoms with Crippen molar-refractivity contribution in [2.45, 2.75) is 65.3 Å². The van der Waals surface area contributed by atoms with E-state index in [0.29, 0.717) is 5.75 Å². The fourth-order valence-corrected chi connectivity index (χ4v) is 3.63. The van der Waals surface area contributed by atoms with Crippen LogP contribution in [0, 0.1) is 0 Å². The van der Waals surface area contributed by atoms with Crippen LogP contribution in [0.3, 0.4) is 0 Å². The zero-order valence-electron chi connectivity index (χ0n) is 15.0. The molecule has 1 unspecified atom stereocenters.